The third-order valence-corrected chi connectivity index (χ3v) is 3.41. The van der Waals surface area contributed by atoms with Crippen molar-refractivity contribution in [3.05, 3.63) is 71.3 Å². The summed E-state index contributed by atoms with van der Waals surface area (Å²) in [5.41, 5.74) is 4.25. The molecular weight excluding hydrogens is 324 g/mol. The van der Waals surface area contributed by atoms with Gasteiger partial charge in [-0.1, -0.05) is 48.0 Å². The minimum absolute atomic E-state index is 0.322. The summed E-state index contributed by atoms with van der Waals surface area (Å²) in [5.74, 6) is 0.254. The maximum atomic E-state index is 12.0. The summed E-state index contributed by atoms with van der Waals surface area (Å²) < 4.78 is 5.53. The smallest absolute Gasteiger partial charge is 0.280 e. The quantitative estimate of drug-likeness (QED) is 0.628. The molecule has 0 aliphatic carbocycles. The molecule has 0 saturated heterocycles. The number of nitrogens with one attached hydrogen (secondary N) is 1. The van der Waals surface area contributed by atoms with E-state index in [2.05, 4.69) is 10.5 Å². The molecule has 1 amide bonds. The van der Waals surface area contributed by atoms with Crippen LogP contribution in [0.2, 0.25) is 5.02 Å². The van der Waals surface area contributed by atoms with E-state index < -0.39 is 6.10 Å². The fraction of sp³-hybridized carbons (Fsp3) is 0.158. The number of halogens is 1. The highest BCUT2D eigenvalue weighted by Crippen LogP contribution is 2.16. The highest BCUT2D eigenvalue weighted by atomic mass is 35.5. The fourth-order valence-corrected chi connectivity index (χ4v) is 1.95. The molecule has 2 aromatic rings. The van der Waals surface area contributed by atoms with Crippen LogP contribution < -0.4 is 10.2 Å². The average molecular weight is 343 g/mol. The van der Waals surface area contributed by atoms with Gasteiger partial charge in [0.1, 0.15) is 5.75 Å². The predicted molar refractivity (Wildman–Crippen MR) is 98.3 cm³/mol. The minimum atomic E-state index is -0.666. The molecule has 0 fully saturated rings. The lowest BCUT2D eigenvalue weighted by atomic mass is 10.2. The van der Waals surface area contributed by atoms with E-state index in [1.165, 1.54) is 0 Å². The lowest BCUT2D eigenvalue weighted by Gasteiger charge is -2.13. The first kappa shape index (κ1) is 17.8. The third-order valence-electron chi connectivity index (χ3n) is 3.15. The van der Waals surface area contributed by atoms with Crippen molar-refractivity contribution >= 4 is 29.3 Å². The zero-order chi connectivity index (χ0) is 17.4. The second-order valence-electron chi connectivity index (χ2n) is 5.19. The first-order valence-electron chi connectivity index (χ1n) is 7.54. The highest BCUT2D eigenvalue weighted by molar-refractivity contribution is 6.30. The van der Waals surface area contributed by atoms with Crippen molar-refractivity contribution in [1.82, 2.24) is 5.43 Å². The molecular formula is C19H19ClN2O2. The number of ether oxygens (including phenoxy) is 1. The number of hydrazone groups is 1. The summed E-state index contributed by atoms with van der Waals surface area (Å²) in [7, 11) is 0. The Morgan fingerprint density at radius 3 is 2.50 bits per heavy atom. The van der Waals surface area contributed by atoms with E-state index in [0.29, 0.717) is 16.5 Å². The van der Waals surface area contributed by atoms with Gasteiger partial charge in [0.15, 0.2) is 6.10 Å². The van der Waals surface area contributed by atoms with E-state index in [9.17, 15) is 4.79 Å². The zero-order valence-electron chi connectivity index (χ0n) is 13.6. The number of benzene rings is 2. The molecule has 24 heavy (non-hydrogen) atoms. The molecule has 0 spiro atoms. The van der Waals surface area contributed by atoms with Gasteiger partial charge in [0.05, 0.1) is 5.71 Å². The summed E-state index contributed by atoms with van der Waals surface area (Å²) in [6.45, 7) is 3.47. The summed E-state index contributed by atoms with van der Waals surface area (Å²) in [6, 6.07) is 16.7. The van der Waals surface area contributed by atoms with Crippen molar-refractivity contribution in [3.63, 3.8) is 0 Å². The molecule has 124 valence electrons. The summed E-state index contributed by atoms with van der Waals surface area (Å²) in [5, 5.41) is 4.66. The Bertz CT molecular complexity index is 725. The highest BCUT2D eigenvalue weighted by Gasteiger charge is 2.13. The normalized spacial score (nSPS) is 12.9. The molecule has 0 aliphatic heterocycles. The van der Waals surface area contributed by atoms with Crippen molar-refractivity contribution in [3.8, 4) is 5.75 Å². The topological polar surface area (TPSA) is 50.7 Å². The van der Waals surface area contributed by atoms with Crippen LogP contribution in [-0.4, -0.2) is 17.7 Å². The van der Waals surface area contributed by atoms with Crippen molar-refractivity contribution in [1.29, 1.82) is 0 Å². The van der Waals surface area contributed by atoms with Gasteiger partial charge in [0.2, 0.25) is 0 Å². The van der Waals surface area contributed by atoms with Gasteiger partial charge in [-0.05, 0) is 49.8 Å². The molecule has 2 rings (SSSR count). The first-order valence-corrected chi connectivity index (χ1v) is 7.92. The molecule has 1 N–H and O–H groups in total. The van der Waals surface area contributed by atoms with E-state index in [0.717, 1.165) is 5.56 Å². The number of carbonyl (C=O) groups is 1. The molecule has 0 radical (unpaired) electrons. The third kappa shape index (κ3) is 5.89. The molecule has 0 bridgehead atoms. The van der Waals surface area contributed by atoms with Gasteiger partial charge >= 0.3 is 0 Å². The Kier molecular flexibility index (Phi) is 6.58. The number of hydrogen-bond acceptors (Lipinski definition) is 3. The van der Waals surface area contributed by atoms with Crippen LogP contribution >= 0.6 is 11.6 Å². The minimum Gasteiger partial charge on any atom is -0.481 e. The van der Waals surface area contributed by atoms with E-state index in [1.54, 1.807) is 31.2 Å². The lowest BCUT2D eigenvalue weighted by molar-refractivity contribution is -0.127. The maximum Gasteiger partial charge on any atom is 0.280 e. The molecule has 1 unspecified atom stereocenters. The van der Waals surface area contributed by atoms with E-state index in [-0.39, 0.29) is 5.91 Å². The van der Waals surface area contributed by atoms with Crippen LogP contribution in [0.25, 0.3) is 6.08 Å². The largest absolute Gasteiger partial charge is 0.481 e. The fourth-order valence-electron chi connectivity index (χ4n) is 1.82. The Hall–Kier alpha value is -2.59. The number of carbonyl (C=O) groups excluding carboxylic acids is 1. The monoisotopic (exact) mass is 342 g/mol. The van der Waals surface area contributed by atoms with Gasteiger partial charge in [0, 0.05) is 5.02 Å². The van der Waals surface area contributed by atoms with E-state index in [4.69, 9.17) is 16.3 Å². The number of amides is 1. The van der Waals surface area contributed by atoms with Gasteiger partial charge in [-0.25, -0.2) is 5.43 Å². The first-order chi connectivity index (χ1) is 11.5. The predicted octanol–water partition coefficient (Wildman–Crippen LogP) is 4.31. The van der Waals surface area contributed by atoms with Gasteiger partial charge in [-0.15, -0.1) is 0 Å². The molecule has 0 aliphatic rings. The Morgan fingerprint density at radius 1 is 1.17 bits per heavy atom. The number of rotatable bonds is 6. The van der Waals surface area contributed by atoms with Crippen molar-refractivity contribution in [2.45, 2.75) is 20.0 Å². The second kappa shape index (κ2) is 8.89. The molecule has 5 heteroatoms. The molecule has 1 atom stereocenters. The standard InChI is InChI=1S/C19H19ClN2O2/c1-14(8-9-16-6-4-3-5-7-16)21-22-19(23)15(2)24-18-12-10-17(20)11-13-18/h3-13,15H,1-2H3,(H,22,23)/b9-8+,21-14+. The van der Waals surface area contributed by atoms with Gasteiger partial charge in [-0.3, -0.25) is 4.79 Å². The number of nitrogens with zero attached hydrogens (tertiary/aromatic N) is 1. The van der Waals surface area contributed by atoms with Gasteiger partial charge < -0.3 is 4.74 Å². The molecule has 4 nitrogen and oxygen atoms in total. The van der Waals surface area contributed by atoms with Crippen LogP contribution in [0.3, 0.4) is 0 Å². The van der Waals surface area contributed by atoms with Gasteiger partial charge in [0.25, 0.3) is 5.91 Å². The van der Waals surface area contributed by atoms with Crippen LogP contribution in [0.5, 0.6) is 5.75 Å². The number of allylic oxidation sites excluding steroid dienone is 1. The van der Waals surface area contributed by atoms with Gasteiger partial charge in [-0.2, -0.15) is 5.10 Å². The van der Waals surface area contributed by atoms with Crippen molar-refractivity contribution in [2.75, 3.05) is 0 Å². The van der Waals surface area contributed by atoms with E-state index >= 15 is 0 Å². The van der Waals surface area contributed by atoms with Crippen LogP contribution in [0.4, 0.5) is 0 Å². The Labute approximate surface area is 146 Å². The lowest BCUT2D eigenvalue weighted by Crippen LogP contribution is -2.33. The molecule has 0 saturated carbocycles. The van der Waals surface area contributed by atoms with Crippen LogP contribution in [0.1, 0.15) is 19.4 Å². The maximum absolute atomic E-state index is 12.0. The summed E-state index contributed by atoms with van der Waals surface area (Å²) >= 11 is 5.81. The molecule has 0 heterocycles. The molecule has 0 aromatic heterocycles. The Morgan fingerprint density at radius 2 is 1.83 bits per heavy atom. The average Bonchev–Trinajstić information content (AvgIpc) is 2.60. The van der Waals surface area contributed by atoms with Crippen molar-refractivity contribution in [2.24, 2.45) is 5.10 Å². The van der Waals surface area contributed by atoms with Crippen LogP contribution in [0, 0.1) is 0 Å². The second-order valence-corrected chi connectivity index (χ2v) is 5.62. The molecule has 2 aromatic carbocycles. The SMILES string of the molecule is CC(/C=C/c1ccccc1)=N\NC(=O)C(C)Oc1ccc(Cl)cc1. The Balaban J connectivity index is 1.86. The van der Waals surface area contributed by atoms with E-state index in [1.807, 2.05) is 49.4 Å². The van der Waals surface area contributed by atoms with Crippen LogP contribution in [-0.2, 0) is 4.79 Å². The summed E-state index contributed by atoms with van der Waals surface area (Å²) in [6.07, 6.45) is 3.10. The van der Waals surface area contributed by atoms with Crippen molar-refractivity contribution < 1.29 is 9.53 Å². The van der Waals surface area contributed by atoms with Crippen LogP contribution in [0.15, 0.2) is 65.8 Å². The zero-order valence-corrected chi connectivity index (χ0v) is 14.3. The summed E-state index contributed by atoms with van der Waals surface area (Å²) in [4.78, 5) is 12.0. The number of hydrogen-bond donors (Lipinski definition) is 1.